The number of nitrogens with one attached hydrogen (secondary N) is 2. The molecule has 0 saturated carbocycles. The zero-order chi connectivity index (χ0) is 16.6. The molecule has 1 aromatic rings. The van der Waals surface area contributed by atoms with Crippen molar-refractivity contribution in [2.24, 2.45) is 0 Å². The number of likely N-dealkylation sites (N-methyl/N-ethyl adjacent to an activating group) is 1. The maximum atomic E-state index is 12.3. The van der Waals surface area contributed by atoms with Crippen molar-refractivity contribution in [3.05, 3.63) is 15.6 Å². The number of fused-ring (bicyclic) bond motifs is 1. The maximum absolute atomic E-state index is 12.3. The Kier molecular flexibility index (Phi) is 4.34. The van der Waals surface area contributed by atoms with Crippen LogP contribution in [0.3, 0.4) is 0 Å². The highest BCUT2D eigenvalue weighted by Gasteiger charge is 2.33. The van der Waals surface area contributed by atoms with Crippen LogP contribution in [0.5, 0.6) is 0 Å². The maximum Gasteiger partial charge on any atom is 0.322 e. The summed E-state index contributed by atoms with van der Waals surface area (Å²) in [4.78, 5) is 42.6. The summed E-state index contributed by atoms with van der Waals surface area (Å²) in [6.07, 6.45) is 3.20. The predicted molar refractivity (Wildman–Crippen MR) is 85.2 cm³/mol. The van der Waals surface area contributed by atoms with Crippen molar-refractivity contribution < 1.29 is 14.4 Å². The molecular weight excluding hydrogens is 316 g/mol. The standard InChI is InChI=1S/C15H20N4O3S/c1-8-16-13-9(4-3-5-11(13)23-8)7-19(2)12(20)6-10-14(21)18-15(22)17-10/h9-10H,3-7H2,1-2H3,(H2,17,18,21,22)/t9?,10-/m0/s1. The van der Waals surface area contributed by atoms with Gasteiger partial charge >= 0.3 is 6.03 Å². The molecule has 4 amide bonds. The molecule has 0 aromatic carbocycles. The number of carbonyl (C=O) groups excluding carboxylic acids is 3. The highest BCUT2D eigenvalue weighted by Crippen LogP contribution is 2.35. The molecule has 23 heavy (non-hydrogen) atoms. The van der Waals surface area contributed by atoms with Gasteiger partial charge in [-0.2, -0.15) is 0 Å². The van der Waals surface area contributed by atoms with E-state index in [9.17, 15) is 14.4 Å². The number of aryl methyl sites for hydroxylation is 2. The van der Waals surface area contributed by atoms with Gasteiger partial charge in [-0.25, -0.2) is 9.78 Å². The van der Waals surface area contributed by atoms with E-state index in [2.05, 4.69) is 15.6 Å². The fraction of sp³-hybridized carbons (Fsp3) is 0.600. The van der Waals surface area contributed by atoms with E-state index in [0.29, 0.717) is 6.54 Å². The van der Waals surface area contributed by atoms with Crippen molar-refractivity contribution in [1.82, 2.24) is 20.5 Å². The van der Waals surface area contributed by atoms with Gasteiger partial charge in [-0.15, -0.1) is 11.3 Å². The molecule has 124 valence electrons. The van der Waals surface area contributed by atoms with Crippen molar-refractivity contribution in [2.75, 3.05) is 13.6 Å². The Hall–Kier alpha value is -1.96. The van der Waals surface area contributed by atoms with E-state index < -0.39 is 18.0 Å². The lowest BCUT2D eigenvalue weighted by Crippen LogP contribution is -2.39. The first-order valence-corrected chi connectivity index (χ1v) is 8.57. The molecule has 1 aliphatic carbocycles. The number of hydrogen-bond donors (Lipinski definition) is 2. The van der Waals surface area contributed by atoms with Crippen molar-refractivity contribution >= 4 is 29.2 Å². The highest BCUT2D eigenvalue weighted by atomic mass is 32.1. The number of rotatable bonds is 4. The lowest BCUT2D eigenvalue weighted by atomic mass is 9.90. The van der Waals surface area contributed by atoms with E-state index in [1.54, 1.807) is 23.3 Å². The van der Waals surface area contributed by atoms with Gasteiger partial charge in [0.05, 0.1) is 17.1 Å². The summed E-state index contributed by atoms with van der Waals surface area (Å²) in [5, 5.41) is 5.66. The molecule has 1 fully saturated rings. The highest BCUT2D eigenvalue weighted by molar-refractivity contribution is 7.11. The third kappa shape index (κ3) is 3.36. The molecule has 1 aliphatic heterocycles. The fourth-order valence-electron chi connectivity index (χ4n) is 3.17. The quantitative estimate of drug-likeness (QED) is 0.800. The van der Waals surface area contributed by atoms with E-state index in [1.807, 2.05) is 6.92 Å². The Morgan fingerprint density at radius 2 is 2.22 bits per heavy atom. The Bertz CT molecular complexity index is 657. The second-order valence-corrected chi connectivity index (χ2v) is 7.41. The topological polar surface area (TPSA) is 91.4 Å². The first-order valence-electron chi connectivity index (χ1n) is 7.75. The lowest BCUT2D eigenvalue weighted by molar-refractivity contribution is -0.133. The minimum absolute atomic E-state index is 0.0102. The van der Waals surface area contributed by atoms with Crippen molar-refractivity contribution in [1.29, 1.82) is 0 Å². The van der Waals surface area contributed by atoms with Gasteiger partial charge in [0.15, 0.2) is 0 Å². The molecule has 0 radical (unpaired) electrons. The Morgan fingerprint density at radius 1 is 1.43 bits per heavy atom. The Morgan fingerprint density at radius 3 is 2.91 bits per heavy atom. The summed E-state index contributed by atoms with van der Waals surface area (Å²) in [5.41, 5.74) is 1.13. The van der Waals surface area contributed by atoms with Crippen LogP contribution in [0.2, 0.25) is 0 Å². The van der Waals surface area contributed by atoms with Gasteiger partial charge in [0.1, 0.15) is 6.04 Å². The number of nitrogens with zero attached hydrogens (tertiary/aromatic N) is 2. The van der Waals surface area contributed by atoms with Crippen LogP contribution in [0.15, 0.2) is 0 Å². The van der Waals surface area contributed by atoms with Gasteiger partial charge in [-0.05, 0) is 26.2 Å². The van der Waals surface area contributed by atoms with Crippen LogP contribution in [0.25, 0.3) is 0 Å². The summed E-state index contributed by atoms with van der Waals surface area (Å²) in [5.74, 6) is -0.331. The summed E-state index contributed by atoms with van der Waals surface area (Å²) < 4.78 is 0. The number of carbonyl (C=O) groups is 3. The predicted octanol–water partition coefficient (Wildman–Crippen LogP) is 0.928. The molecule has 2 heterocycles. The van der Waals surface area contributed by atoms with Crippen molar-refractivity contribution in [3.8, 4) is 0 Å². The van der Waals surface area contributed by atoms with Gasteiger partial charge in [0.25, 0.3) is 5.91 Å². The molecule has 7 nitrogen and oxygen atoms in total. The van der Waals surface area contributed by atoms with E-state index in [1.165, 1.54) is 4.88 Å². The third-order valence-electron chi connectivity index (χ3n) is 4.33. The van der Waals surface area contributed by atoms with Gasteiger partial charge in [-0.1, -0.05) is 0 Å². The monoisotopic (exact) mass is 336 g/mol. The third-order valence-corrected chi connectivity index (χ3v) is 5.38. The zero-order valence-corrected chi connectivity index (χ0v) is 14.0. The summed E-state index contributed by atoms with van der Waals surface area (Å²) in [7, 11) is 1.74. The van der Waals surface area contributed by atoms with Crippen molar-refractivity contribution in [3.63, 3.8) is 0 Å². The fourth-order valence-corrected chi connectivity index (χ4v) is 4.24. The van der Waals surface area contributed by atoms with Gasteiger partial charge in [0, 0.05) is 24.4 Å². The molecule has 2 aliphatic rings. The van der Waals surface area contributed by atoms with Crippen LogP contribution in [-0.4, -0.2) is 47.4 Å². The molecule has 1 saturated heterocycles. The van der Waals surface area contributed by atoms with Crippen LogP contribution in [0.4, 0.5) is 4.79 Å². The molecule has 0 bridgehead atoms. The lowest BCUT2D eigenvalue weighted by Gasteiger charge is -2.27. The molecule has 1 aromatic heterocycles. The Balaban J connectivity index is 1.61. The number of imide groups is 1. The van der Waals surface area contributed by atoms with Crippen molar-refractivity contribution in [2.45, 2.75) is 44.6 Å². The van der Waals surface area contributed by atoms with E-state index in [0.717, 1.165) is 30.0 Å². The minimum atomic E-state index is -0.763. The molecule has 1 unspecified atom stereocenters. The smallest absolute Gasteiger partial charge is 0.322 e. The number of urea groups is 1. The van der Waals surface area contributed by atoms with E-state index >= 15 is 0 Å². The zero-order valence-electron chi connectivity index (χ0n) is 13.2. The van der Waals surface area contributed by atoms with Gasteiger partial charge in [-0.3, -0.25) is 14.9 Å². The number of aromatic nitrogens is 1. The molecular formula is C15H20N4O3S. The van der Waals surface area contributed by atoms with E-state index in [-0.39, 0.29) is 18.2 Å². The largest absolute Gasteiger partial charge is 0.345 e. The molecule has 0 spiro atoms. The molecule has 3 rings (SSSR count). The summed E-state index contributed by atoms with van der Waals surface area (Å²) in [6.45, 7) is 2.60. The van der Waals surface area contributed by atoms with Crippen LogP contribution in [0.1, 0.15) is 40.8 Å². The first-order chi connectivity index (χ1) is 10.9. The van der Waals surface area contributed by atoms with E-state index in [4.69, 9.17) is 0 Å². The number of thiazole rings is 1. The normalized spacial score (nSPS) is 23.2. The molecule has 8 heteroatoms. The second-order valence-electron chi connectivity index (χ2n) is 6.12. The molecule has 2 atom stereocenters. The van der Waals surface area contributed by atoms with Crippen LogP contribution < -0.4 is 10.6 Å². The SMILES string of the molecule is Cc1nc2c(s1)CCCC2CN(C)C(=O)C[C@@H]1NC(=O)NC1=O. The van der Waals surface area contributed by atoms with Crippen LogP contribution in [0, 0.1) is 6.92 Å². The Labute approximate surface area is 138 Å². The van der Waals surface area contributed by atoms with Crippen LogP contribution in [-0.2, 0) is 16.0 Å². The van der Waals surface area contributed by atoms with Gasteiger partial charge < -0.3 is 10.2 Å². The van der Waals surface area contributed by atoms with Crippen LogP contribution >= 0.6 is 11.3 Å². The average molecular weight is 336 g/mol. The molecule has 2 N–H and O–H groups in total. The average Bonchev–Trinajstić information content (AvgIpc) is 3.01. The van der Waals surface area contributed by atoms with Gasteiger partial charge in [0.2, 0.25) is 5.91 Å². The summed E-state index contributed by atoms with van der Waals surface area (Å²) >= 11 is 1.74. The number of amides is 4. The number of hydrogen-bond acceptors (Lipinski definition) is 5. The second kappa shape index (κ2) is 6.27. The summed E-state index contributed by atoms with van der Waals surface area (Å²) in [6, 6.07) is -1.30. The minimum Gasteiger partial charge on any atom is -0.345 e. The first kappa shape index (κ1) is 15.9.